The van der Waals surface area contributed by atoms with Crippen LogP contribution in [0.2, 0.25) is 0 Å². The van der Waals surface area contributed by atoms with E-state index in [9.17, 15) is 24.9 Å². The first-order valence-electron chi connectivity index (χ1n) is 5.95. The highest BCUT2D eigenvalue weighted by Crippen LogP contribution is 2.28. The number of carbonyl (C=O) groups excluding carboxylic acids is 2. The summed E-state index contributed by atoms with van der Waals surface area (Å²) in [6.07, 6.45) is -4.69. The van der Waals surface area contributed by atoms with Crippen LogP contribution in [0.1, 0.15) is 15.2 Å². The number of aliphatic hydroxyl groups excluding tert-OH is 3. The van der Waals surface area contributed by atoms with Crippen LogP contribution in [-0.4, -0.2) is 68.9 Å². The summed E-state index contributed by atoms with van der Waals surface area (Å²) in [6.45, 7) is -0.442. The van der Waals surface area contributed by atoms with Gasteiger partial charge in [0.05, 0.1) is 6.61 Å². The Morgan fingerprint density at radius 2 is 2.06 bits per heavy atom. The lowest BCUT2D eigenvalue weighted by Crippen LogP contribution is -2.72. The smallest absolute Gasteiger partial charge is 0.250 e. The number of ether oxygens (including phenoxy) is 1. The lowest BCUT2D eigenvalue weighted by atomic mass is 9.88. The van der Waals surface area contributed by atoms with Crippen LogP contribution in [0.3, 0.4) is 0 Å². The molecule has 1 heterocycles. The molecule has 18 heavy (non-hydrogen) atoms. The minimum atomic E-state index is -2.57. The van der Waals surface area contributed by atoms with Crippen molar-refractivity contribution >= 4 is 11.7 Å². The Morgan fingerprint density at radius 1 is 1.44 bits per heavy atom. The lowest BCUT2D eigenvalue weighted by molar-refractivity contribution is -0.300. The first-order chi connectivity index (χ1) is 8.77. The van der Waals surface area contributed by atoms with Crippen molar-refractivity contribution in [2.45, 2.75) is 44.0 Å². The van der Waals surface area contributed by atoms with Crippen LogP contribution in [0.4, 0.5) is 0 Å². The molecule has 0 aromatic carbocycles. The third kappa shape index (κ3) is 2.52. The molecule has 0 spiro atoms. The Kier molecular flexibility index (Phi) is 3.93. The van der Waals surface area contributed by atoms with Crippen LogP contribution in [0.15, 0.2) is 0 Å². The molecular formula is C10H17NO7. The van der Waals surface area contributed by atoms with Crippen LogP contribution in [0, 0.1) is 0 Å². The number of rotatable bonds is 3. The first kappa shape index (κ1) is 13.4. The van der Waals surface area contributed by atoms with Gasteiger partial charge in [-0.25, -0.2) is 0 Å². The number of carbonyl (C=O) groups is 2. The summed E-state index contributed by atoms with van der Waals surface area (Å²) in [5, 5.41) is 40.6. The topological polar surface area (TPSA) is 136 Å². The van der Waals surface area contributed by atoms with Gasteiger partial charge in [-0.3, -0.25) is 9.59 Å². The zero-order chi connectivity index (χ0) is 14.8. The molecule has 1 rings (SSSR count). The van der Waals surface area contributed by atoms with Crippen LogP contribution >= 0.6 is 0 Å². The summed E-state index contributed by atoms with van der Waals surface area (Å²) in [5.41, 5.74) is 0. The van der Waals surface area contributed by atoms with E-state index in [1.54, 1.807) is 0 Å². The highest BCUT2D eigenvalue weighted by molar-refractivity contribution is 5.85. The number of ketones is 1. The highest BCUT2D eigenvalue weighted by Gasteiger charge is 2.56. The van der Waals surface area contributed by atoms with E-state index in [1.807, 2.05) is 0 Å². The molecular weight excluding hydrogens is 246 g/mol. The maximum atomic E-state index is 11.5. The number of Topliss-reactive ketones (excluding diaryl/α,β-unsaturated/α-hetero) is 1. The van der Waals surface area contributed by atoms with Gasteiger partial charge in [0.2, 0.25) is 11.7 Å². The van der Waals surface area contributed by atoms with Gasteiger partial charge in [0.1, 0.15) is 24.4 Å². The molecule has 1 saturated heterocycles. The second kappa shape index (κ2) is 5.29. The quantitative estimate of drug-likeness (QED) is 0.364. The largest absolute Gasteiger partial charge is 0.394 e. The Labute approximate surface area is 105 Å². The van der Waals surface area contributed by atoms with Crippen LogP contribution in [0.5, 0.6) is 0 Å². The first-order valence-corrected chi connectivity index (χ1v) is 5.24. The van der Waals surface area contributed by atoms with Gasteiger partial charge >= 0.3 is 0 Å². The normalized spacial score (nSPS) is 41.1. The zero-order valence-corrected chi connectivity index (χ0v) is 9.74. The molecule has 0 aromatic rings. The minimum Gasteiger partial charge on any atom is -0.394 e. The van der Waals surface area contributed by atoms with E-state index in [4.69, 9.17) is 11.2 Å². The summed E-state index contributed by atoms with van der Waals surface area (Å²) >= 11 is 0. The van der Waals surface area contributed by atoms with Gasteiger partial charge in [-0.1, -0.05) is 0 Å². The van der Waals surface area contributed by atoms with Crippen LogP contribution in [-0.2, 0) is 14.3 Å². The van der Waals surface area contributed by atoms with E-state index in [-0.39, 0.29) is 0 Å². The van der Waals surface area contributed by atoms with Crippen molar-refractivity contribution in [3.05, 3.63) is 0 Å². The molecule has 0 aromatic heterocycles. The molecule has 5 atom stereocenters. The Hall–Kier alpha value is -1.06. The maximum Gasteiger partial charge on any atom is 0.250 e. The fourth-order valence-corrected chi connectivity index (χ4v) is 1.83. The predicted octanol–water partition coefficient (Wildman–Crippen LogP) is -3.12. The molecule has 0 saturated carbocycles. The Bertz CT molecular complexity index is 366. The van der Waals surface area contributed by atoms with Gasteiger partial charge in [-0.2, -0.15) is 0 Å². The van der Waals surface area contributed by atoms with E-state index in [1.165, 1.54) is 0 Å². The van der Waals surface area contributed by atoms with Crippen molar-refractivity contribution in [1.29, 1.82) is 0 Å². The van der Waals surface area contributed by atoms with E-state index in [2.05, 4.69) is 5.32 Å². The van der Waals surface area contributed by atoms with Gasteiger partial charge in [0.15, 0.2) is 5.78 Å². The van der Waals surface area contributed by atoms with Crippen molar-refractivity contribution in [3.63, 3.8) is 0 Å². The maximum absolute atomic E-state index is 11.5. The molecule has 1 aliphatic heterocycles. The summed E-state index contributed by atoms with van der Waals surface area (Å²) in [6, 6.07) is -1.62. The van der Waals surface area contributed by atoms with E-state index < -0.39 is 55.3 Å². The van der Waals surface area contributed by atoms with Gasteiger partial charge < -0.3 is 30.5 Å². The predicted molar refractivity (Wildman–Crippen MR) is 57.2 cm³/mol. The molecule has 8 heteroatoms. The minimum absolute atomic E-state index is 0.684. The fraction of sp³-hybridized carbons (Fsp3) is 0.800. The van der Waals surface area contributed by atoms with Crippen molar-refractivity contribution in [2.75, 3.05) is 6.61 Å². The highest BCUT2D eigenvalue weighted by atomic mass is 16.7. The van der Waals surface area contributed by atoms with E-state index >= 15 is 0 Å². The molecule has 0 bridgehead atoms. The molecule has 1 amide bonds. The molecule has 0 aliphatic carbocycles. The summed E-state index contributed by atoms with van der Waals surface area (Å²) in [7, 11) is 0. The standard InChI is InChI=1S/C10H17NO7/c1-4(13)10(17)9(11-5(2)14)8(16)7(15)6(3-12)18-10/h6-9,12,15-17H,3H2,1-2H3,(H,11,14)/t6-,7-,8+,9-,10?/m1/s1/i2D. The molecule has 0 radical (unpaired) electrons. The monoisotopic (exact) mass is 264 g/mol. The third-order valence-electron chi connectivity index (χ3n) is 2.83. The van der Waals surface area contributed by atoms with Crippen molar-refractivity contribution in [2.24, 2.45) is 0 Å². The zero-order valence-electron chi connectivity index (χ0n) is 10.7. The SMILES string of the molecule is [2H]CC(=O)N[C@@H]1[C@@H](O)[C@H](O)[C@@H](CO)OC1(O)C(C)=O. The fourth-order valence-electron chi connectivity index (χ4n) is 1.83. The molecule has 1 unspecified atom stereocenters. The average molecular weight is 264 g/mol. The number of amides is 1. The number of hydrogen-bond acceptors (Lipinski definition) is 7. The van der Waals surface area contributed by atoms with Gasteiger partial charge in [0.25, 0.3) is 0 Å². The second-order valence-electron chi connectivity index (χ2n) is 4.12. The Balaban J connectivity index is 3.07. The number of aliphatic hydroxyl groups is 4. The number of nitrogens with one attached hydrogen (secondary N) is 1. The Morgan fingerprint density at radius 3 is 2.50 bits per heavy atom. The molecule has 104 valence electrons. The molecule has 1 aliphatic rings. The van der Waals surface area contributed by atoms with Gasteiger partial charge in [0, 0.05) is 15.2 Å². The van der Waals surface area contributed by atoms with Gasteiger partial charge in [-0.15, -0.1) is 0 Å². The average Bonchev–Trinajstić information content (AvgIpc) is 2.38. The number of hydrogen-bond donors (Lipinski definition) is 5. The van der Waals surface area contributed by atoms with Crippen molar-refractivity contribution in [3.8, 4) is 0 Å². The van der Waals surface area contributed by atoms with Crippen molar-refractivity contribution in [1.82, 2.24) is 5.32 Å². The van der Waals surface area contributed by atoms with Crippen molar-refractivity contribution < 1.29 is 36.1 Å². The molecule has 5 N–H and O–H groups in total. The molecule has 1 fully saturated rings. The van der Waals surface area contributed by atoms with E-state index in [0.717, 1.165) is 6.92 Å². The second-order valence-corrected chi connectivity index (χ2v) is 4.12. The summed E-state index contributed by atoms with van der Waals surface area (Å²) in [5.74, 6) is -4.34. The van der Waals surface area contributed by atoms with Crippen LogP contribution < -0.4 is 5.32 Å². The summed E-state index contributed by atoms with van der Waals surface area (Å²) in [4.78, 5) is 22.6. The van der Waals surface area contributed by atoms with E-state index in [0.29, 0.717) is 0 Å². The lowest BCUT2D eigenvalue weighted by Gasteiger charge is -2.46. The van der Waals surface area contributed by atoms with Crippen LogP contribution in [0.25, 0.3) is 0 Å². The molecule has 8 nitrogen and oxygen atoms in total. The summed E-state index contributed by atoms with van der Waals surface area (Å²) < 4.78 is 11.7. The van der Waals surface area contributed by atoms with Gasteiger partial charge in [-0.05, 0) is 0 Å². The third-order valence-corrected chi connectivity index (χ3v) is 2.83.